The summed E-state index contributed by atoms with van der Waals surface area (Å²) in [6, 6.07) is 14.6. The monoisotopic (exact) mass is 666 g/mol. The molecular formula is C40H62N2O6. The van der Waals surface area contributed by atoms with Crippen LogP contribution in [-0.4, -0.2) is 52.7 Å². The van der Waals surface area contributed by atoms with E-state index in [1.807, 2.05) is 52.8 Å². The van der Waals surface area contributed by atoms with Crippen LogP contribution in [0.4, 0.5) is 0 Å². The minimum Gasteiger partial charge on any atom is -0.493 e. The highest BCUT2D eigenvalue weighted by molar-refractivity contribution is 5.84. The number of unbranched alkanes of at least 4 members (excludes halogenated alkanes) is 2. The lowest BCUT2D eigenvalue weighted by molar-refractivity contribution is -0.153. The molecule has 4 atom stereocenters. The first-order valence-corrected chi connectivity index (χ1v) is 18.0. The predicted molar refractivity (Wildman–Crippen MR) is 195 cm³/mol. The van der Waals surface area contributed by atoms with Gasteiger partial charge in [-0.25, -0.2) is 0 Å². The number of rotatable bonds is 21. The number of carbonyl (C=O) groups excluding carboxylic acids is 1. The van der Waals surface area contributed by atoms with Crippen LogP contribution in [0.3, 0.4) is 0 Å². The first-order valence-electron chi connectivity index (χ1n) is 18.0. The van der Waals surface area contributed by atoms with Crippen molar-refractivity contribution in [3.05, 3.63) is 53.6 Å². The fraction of sp³-hybridized carbons (Fsp3) is 0.625. The van der Waals surface area contributed by atoms with Crippen molar-refractivity contribution < 1.29 is 28.9 Å². The topological polar surface area (TPSA) is 141 Å². The largest absolute Gasteiger partial charge is 0.493 e. The van der Waals surface area contributed by atoms with Gasteiger partial charge in [0.05, 0.1) is 31.3 Å². The van der Waals surface area contributed by atoms with Gasteiger partial charge < -0.3 is 35.6 Å². The van der Waals surface area contributed by atoms with Gasteiger partial charge in [0.1, 0.15) is 17.1 Å². The van der Waals surface area contributed by atoms with E-state index in [1.54, 1.807) is 0 Å². The molecule has 0 saturated carbocycles. The molecule has 1 heterocycles. The fourth-order valence-electron chi connectivity index (χ4n) is 6.79. The van der Waals surface area contributed by atoms with Crippen LogP contribution in [0.5, 0.6) is 5.75 Å². The van der Waals surface area contributed by atoms with Crippen LogP contribution >= 0.6 is 0 Å². The minimum absolute atomic E-state index is 0.0533. The van der Waals surface area contributed by atoms with Crippen molar-refractivity contribution in [1.29, 1.82) is 0 Å². The van der Waals surface area contributed by atoms with E-state index < -0.39 is 29.2 Å². The van der Waals surface area contributed by atoms with E-state index in [0.717, 1.165) is 35.1 Å². The Kier molecular flexibility index (Phi) is 15.0. The first kappa shape index (κ1) is 39.5. The maximum Gasteiger partial charge on any atom is 0.311 e. The summed E-state index contributed by atoms with van der Waals surface area (Å²) >= 11 is 0. The highest BCUT2D eigenvalue weighted by Crippen LogP contribution is 2.33. The molecule has 4 unspecified atom stereocenters. The molecule has 0 aliphatic heterocycles. The van der Waals surface area contributed by atoms with E-state index in [-0.39, 0.29) is 18.5 Å². The SMILES string of the molecule is CCCCCc1ccc(-c2cc3ccc(OCCCC(O)C(O)CCCOC(=O)C(C(C)CC(C)(C)N)C(C)(C)N)cc3o2)c(CC)c1. The Hall–Kier alpha value is -2.91. The summed E-state index contributed by atoms with van der Waals surface area (Å²) < 4.78 is 17.8. The third-order valence-electron chi connectivity index (χ3n) is 9.09. The second-order valence-corrected chi connectivity index (χ2v) is 15.0. The van der Waals surface area contributed by atoms with Crippen LogP contribution in [0.15, 0.2) is 46.9 Å². The molecule has 2 aromatic carbocycles. The molecule has 0 aliphatic rings. The molecule has 48 heavy (non-hydrogen) atoms. The van der Waals surface area contributed by atoms with Gasteiger partial charge in [-0.2, -0.15) is 0 Å². The minimum atomic E-state index is -0.918. The Balaban J connectivity index is 1.43. The standard InChI is InChI=1S/C40H62N2O6/c1-8-10-11-14-28-17-20-32(29(9-2)23-28)36-24-30-18-19-31(25-35(30)48-36)46-21-12-15-33(43)34(44)16-13-22-47-38(45)37(40(6,7)42)27(3)26-39(4,5)41/h17-20,23-25,27,33-34,37,43-44H,8-16,21-22,26,41-42H2,1-7H3. The highest BCUT2D eigenvalue weighted by atomic mass is 16.5. The molecule has 8 nitrogen and oxygen atoms in total. The fourth-order valence-corrected chi connectivity index (χ4v) is 6.79. The number of aliphatic hydroxyl groups is 2. The van der Waals surface area contributed by atoms with Crippen LogP contribution in [0, 0.1) is 11.8 Å². The lowest BCUT2D eigenvalue weighted by Gasteiger charge is -2.36. The number of aliphatic hydroxyl groups excluding tert-OH is 2. The summed E-state index contributed by atoms with van der Waals surface area (Å²) in [4.78, 5) is 12.9. The van der Waals surface area contributed by atoms with Crippen LogP contribution in [0.2, 0.25) is 0 Å². The lowest BCUT2D eigenvalue weighted by atomic mass is 9.75. The second-order valence-electron chi connectivity index (χ2n) is 15.0. The quantitative estimate of drug-likeness (QED) is 0.0669. The number of hydrogen-bond acceptors (Lipinski definition) is 8. The number of furan rings is 1. The zero-order valence-electron chi connectivity index (χ0n) is 30.5. The van der Waals surface area contributed by atoms with Gasteiger partial charge in [-0.1, -0.05) is 51.8 Å². The number of esters is 1. The summed E-state index contributed by atoms with van der Waals surface area (Å²) in [6.45, 7) is 14.4. The molecule has 3 aromatic rings. The van der Waals surface area contributed by atoms with E-state index >= 15 is 0 Å². The first-order chi connectivity index (χ1) is 22.6. The average molecular weight is 667 g/mol. The molecule has 0 fully saturated rings. The van der Waals surface area contributed by atoms with Gasteiger partial charge in [0, 0.05) is 28.1 Å². The Morgan fingerprint density at radius 1 is 0.896 bits per heavy atom. The molecule has 6 N–H and O–H groups in total. The van der Waals surface area contributed by atoms with E-state index in [0.29, 0.717) is 44.5 Å². The van der Waals surface area contributed by atoms with Gasteiger partial charge in [0.25, 0.3) is 0 Å². The van der Waals surface area contributed by atoms with Crippen molar-refractivity contribution in [1.82, 2.24) is 0 Å². The normalized spacial score (nSPS) is 14.9. The van der Waals surface area contributed by atoms with Gasteiger partial charge in [-0.15, -0.1) is 0 Å². The van der Waals surface area contributed by atoms with Gasteiger partial charge >= 0.3 is 5.97 Å². The molecule has 0 radical (unpaired) electrons. The molecule has 1 aromatic heterocycles. The maximum absolute atomic E-state index is 12.9. The smallest absolute Gasteiger partial charge is 0.311 e. The lowest BCUT2D eigenvalue weighted by Crippen LogP contribution is -2.50. The van der Waals surface area contributed by atoms with Gasteiger partial charge in [0.2, 0.25) is 0 Å². The predicted octanol–water partition coefficient (Wildman–Crippen LogP) is 7.72. The number of aryl methyl sites for hydroxylation is 2. The number of ether oxygens (including phenoxy) is 2. The molecule has 0 amide bonds. The Bertz CT molecular complexity index is 1420. The summed E-state index contributed by atoms with van der Waals surface area (Å²) in [5.74, 6) is 0.651. The molecule has 0 aliphatic carbocycles. The van der Waals surface area contributed by atoms with Crippen LogP contribution in [0.1, 0.15) is 111 Å². The molecule has 8 heteroatoms. The number of hydrogen-bond donors (Lipinski definition) is 4. The van der Waals surface area contributed by atoms with Gasteiger partial charge in [-0.05, 0) is 114 Å². The van der Waals surface area contributed by atoms with E-state index in [4.69, 9.17) is 25.4 Å². The van der Waals surface area contributed by atoms with Gasteiger partial charge in [-0.3, -0.25) is 4.79 Å². The van der Waals surface area contributed by atoms with Gasteiger partial charge in [0.15, 0.2) is 0 Å². The van der Waals surface area contributed by atoms with Crippen molar-refractivity contribution in [3.63, 3.8) is 0 Å². The van der Waals surface area contributed by atoms with E-state index in [9.17, 15) is 15.0 Å². The van der Waals surface area contributed by atoms with E-state index in [2.05, 4.69) is 38.1 Å². The number of fused-ring (bicyclic) bond motifs is 1. The molecule has 3 rings (SSSR count). The van der Waals surface area contributed by atoms with Crippen molar-refractivity contribution in [2.24, 2.45) is 23.3 Å². The highest BCUT2D eigenvalue weighted by Gasteiger charge is 2.39. The zero-order valence-corrected chi connectivity index (χ0v) is 30.5. The van der Waals surface area contributed by atoms with E-state index in [1.165, 1.54) is 30.4 Å². The average Bonchev–Trinajstić information content (AvgIpc) is 3.43. The number of carbonyl (C=O) groups is 1. The Morgan fingerprint density at radius 3 is 2.21 bits per heavy atom. The zero-order chi connectivity index (χ0) is 35.5. The second kappa shape index (κ2) is 18.2. The molecule has 268 valence electrons. The summed E-state index contributed by atoms with van der Waals surface area (Å²) in [6.07, 6.45) is 6.27. The van der Waals surface area contributed by atoms with Crippen LogP contribution < -0.4 is 16.2 Å². The Morgan fingerprint density at radius 2 is 1.58 bits per heavy atom. The summed E-state index contributed by atoms with van der Waals surface area (Å²) in [7, 11) is 0. The molecular weight excluding hydrogens is 604 g/mol. The van der Waals surface area contributed by atoms with Crippen LogP contribution in [0.25, 0.3) is 22.3 Å². The summed E-state index contributed by atoms with van der Waals surface area (Å²) in [5.41, 5.74) is 15.9. The van der Waals surface area contributed by atoms with Crippen molar-refractivity contribution in [3.8, 4) is 17.1 Å². The Labute approximate surface area is 288 Å². The third kappa shape index (κ3) is 12.2. The molecule has 0 saturated heterocycles. The molecule has 0 bridgehead atoms. The van der Waals surface area contributed by atoms with Crippen molar-refractivity contribution in [2.45, 2.75) is 136 Å². The number of nitrogens with two attached hydrogens (primary N) is 2. The summed E-state index contributed by atoms with van der Waals surface area (Å²) in [5, 5.41) is 22.0. The third-order valence-corrected chi connectivity index (χ3v) is 9.09. The van der Waals surface area contributed by atoms with Crippen molar-refractivity contribution in [2.75, 3.05) is 13.2 Å². The molecule has 0 spiro atoms. The van der Waals surface area contributed by atoms with Crippen LogP contribution in [-0.2, 0) is 22.4 Å². The number of benzene rings is 2. The van der Waals surface area contributed by atoms with Crippen molar-refractivity contribution >= 4 is 16.9 Å². The maximum atomic E-state index is 12.9.